The molecule has 0 atom stereocenters. The van der Waals surface area contributed by atoms with Crippen LogP contribution in [-0.4, -0.2) is 10.1 Å². The van der Waals surface area contributed by atoms with Crippen molar-refractivity contribution in [1.82, 2.24) is 4.98 Å². The molecule has 0 spiro atoms. The molecule has 0 bridgehead atoms. The number of hydrogen-bond acceptors (Lipinski definition) is 5. The highest BCUT2D eigenvalue weighted by atomic mass is 32.1. The van der Waals surface area contributed by atoms with Crippen molar-refractivity contribution < 1.29 is 9.52 Å². The van der Waals surface area contributed by atoms with Crippen LogP contribution in [0.1, 0.15) is 18.9 Å². The maximum absolute atomic E-state index is 12.9. The zero-order valence-corrected chi connectivity index (χ0v) is 13.9. The molecular weight excluding hydrogens is 322 g/mol. The first kappa shape index (κ1) is 14.9. The topological polar surface area (TPSA) is 63.3 Å². The number of benzene rings is 2. The number of thiazole rings is 1. The van der Waals surface area contributed by atoms with Crippen LogP contribution in [0, 0.1) is 0 Å². The minimum atomic E-state index is -0.118. The zero-order chi connectivity index (χ0) is 16.7. The smallest absolute Gasteiger partial charge is 0.202 e. The highest BCUT2D eigenvalue weighted by Crippen LogP contribution is 2.31. The van der Waals surface area contributed by atoms with Gasteiger partial charge in [0.15, 0.2) is 0 Å². The van der Waals surface area contributed by atoms with Crippen molar-refractivity contribution in [2.45, 2.75) is 19.8 Å². The van der Waals surface area contributed by atoms with Crippen LogP contribution in [0.2, 0.25) is 0 Å². The van der Waals surface area contributed by atoms with Gasteiger partial charge in [-0.25, -0.2) is 4.98 Å². The van der Waals surface area contributed by atoms with Crippen molar-refractivity contribution >= 4 is 32.5 Å². The number of nitrogens with zero attached hydrogens (tertiary/aromatic N) is 1. The van der Waals surface area contributed by atoms with E-state index in [2.05, 4.69) is 4.98 Å². The number of phenolic OH excluding ortho intramolecular Hbond substituents is 1. The number of para-hydroxylation sites is 1. The molecule has 0 aliphatic rings. The van der Waals surface area contributed by atoms with Crippen LogP contribution < -0.4 is 5.43 Å². The fraction of sp³-hybridized carbons (Fsp3) is 0.158. The third-order valence-electron chi connectivity index (χ3n) is 4.02. The first-order valence-corrected chi connectivity index (χ1v) is 8.62. The van der Waals surface area contributed by atoms with E-state index in [1.54, 1.807) is 6.07 Å². The molecule has 24 heavy (non-hydrogen) atoms. The van der Waals surface area contributed by atoms with Crippen molar-refractivity contribution in [3.63, 3.8) is 0 Å². The van der Waals surface area contributed by atoms with Gasteiger partial charge in [-0.2, -0.15) is 0 Å². The highest BCUT2D eigenvalue weighted by molar-refractivity contribution is 7.21. The molecule has 4 rings (SSSR count). The molecule has 0 radical (unpaired) electrons. The number of aromatic hydroxyl groups is 1. The molecule has 4 aromatic rings. The lowest BCUT2D eigenvalue weighted by Crippen LogP contribution is -2.05. The average molecular weight is 337 g/mol. The summed E-state index contributed by atoms with van der Waals surface area (Å²) in [5.41, 5.74) is 2.36. The summed E-state index contributed by atoms with van der Waals surface area (Å²) in [6, 6.07) is 11.0. The first-order valence-electron chi connectivity index (χ1n) is 7.80. The Hall–Kier alpha value is -2.66. The van der Waals surface area contributed by atoms with Crippen molar-refractivity contribution in [1.29, 1.82) is 0 Å². The van der Waals surface area contributed by atoms with Gasteiger partial charge in [0.1, 0.15) is 22.6 Å². The molecule has 0 saturated heterocycles. The van der Waals surface area contributed by atoms with Crippen molar-refractivity contribution in [2.75, 3.05) is 0 Å². The molecule has 4 nitrogen and oxygen atoms in total. The van der Waals surface area contributed by atoms with E-state index in [0.29, 0.717) is 28.0 Å². The minimum Gasteiger partial charge on any atom is -0.508 e. The van der Waals surface area contributed by atoms with Crippen molar-refractivity contribution in [2.24, 2.45) is 0 Å². The largest absolute Gasteiger partial charge is 0.508 e. The monoisotopic (exact) mass is 337 g/mol. The van der Waals surface area contributed by atoms with Crippen LogP contribution in [-0.2, 0) is 6.42 Å². The second-order valence-corrected chi connectivity index (χ2v) is 6.72. The summed E-state index contributed by atoms with van der Waals surface area (Å²) in [6.45, 7) is 2.03. The molecule has 120 valence electrons. The van der Waals surface area contributed by atoms with Gasteiger partial charge in [-0.05, 0) is 30.2 Å². The van der Waals surface area contributed by atoms with Gasteiger partial charge in [-0.15, -0.1) is 11.3 Å². The number of fused-ring (bicyclic) bond motifs is 2. The Balaban J connectivity index is 1.94. The fourth-order valence-corrected chi connectivity index (χ4v) is 3.78. The van der Waals surface area contributed by atoms with Gasteiger partial charge in [-0.3, -0.25) is 4.79 Å². The Morgan fingerprint density at radius 1 is 1.25 bits per heavy atom. The third kappa shape index (κ3) is 2.37. The average Bonchev–Trinajstić information content (AvgIpc) is 3.00. The quantitative estimate of drug-likeness (QED) is 0.587. The summed E-state index contributed by atoms with van der Waals surface area (Å²) in [6.07, 6.45) is 3.04. The van der Waals surface area contributed by atoms with Crippen molar-refractivity contribution in [3.8, 4) is 16.3 Å². The highest BCUT2D eigenvalue weighted by Gasteiger charge is 2.15. The van der Waals surface area contributed by atoms with Crippen LogP contribution in [0.15, 0.2) is 51.9 Å². The van der Waals surface area contributed by atoms with E-state index < -0.39 is 0 Å². The summed E-state index contributed by atoms with van der Waals surface area (Å²) < 4.78 is 6.63. The van der Waals surface area contributed by atoms with Crippen molar-refractivity contribution in [3.05, 3.63) is 58.4 Å². The minimum absolute atomic E-state index is 0.118. The van der Waals surface area contributed by atoms with E-state index in [9.17, 15) is 9.90 Å². The van der Waals surface area contributed by atoms with Gasteiger partial charge in [0, 0.05) is 6.07 Å². The standard InChI is InChI=1S/C19H15NO3S/c1-2-5-11-8-12-16(9-15(11)21)23-10-13(18(12)22)19-20-14-6-3-4-7-17(14)24-19/h3-4,6-10,21H,2,5H2,1H3. The summed E-state index contributed by atoms with van der Waals surface area (Å²) in [4.78, 5) is 17.4. The van der Waals surface area contributed by atoms with Gasteiger partial charge in [-0.1, -0.05) is 25.5 Å². The van der Waals surface area contributed by atoms with Crippen LogP contribution in [0.3, 0.4) is 0 Å². The first-order chi connectivity index (χ1) is 11.7. The molecule has 2 heterocycles. The van der Waals surface area contributed by atoms with E-state index >= 15 is 0 Å². The number of aromatic nitrogens is 1. The molecule has 1 N–H and O–H groups in total. The summed E-state index contributed by atoms with van der Waals surface area (Å²) >= 11 is 1.47. The molecule has 0 aliphatic carbocycles. The van der Waals surface area contributed by atoms with Crippen LogP contribution in [0.25, 0.3) is 31.8 Å². The Morgan fingerprint density at radius 2 is 2.08 bits per heavy atom. The molecule has 2 aromatic carbocycles. The van der Waals surface area contributed by atoms with E-state index in [0.717, 1.165) is 22.2 Å². The van der Waals surface area contributed by atoms with Crippen LogP contribution >= 0.6 is 11.3 Å². The molecule has 2 aromatic heterocycles. The number of hydrogen-bond donors (Lipinski definition) is 1. The second kappa shape index (κ2) is 5.76. The summed E-state index contributed by atoms with van der Waals surface area (Å²) in [5, 5.41) is 11.2. The fourth-order valence-electron chi connectivity index (χ4n) is 2.81. The lowest BCUT2D eigenvalue weighted by molar-refractivity contribution is 0.466. The Kier molecular flexibility index (Phi) is 3.58. The predicted octanol–water partition coefficient (Wildman–Crippen LogP) is 4.73. The maximum Gasteiger partial charge on any atom is 0.202 e. The molecule has 0 aliphatic heterocycles. The van der Waals surface area contributed by atoms with E-state index in [1.807, 2.05) is 31.2 Å². The predicted molar refractivity (Wildman–Crippen MR) is 96.8 cm³/mol. The molecule has 0 fully saturated rings. The Bertz CT molecular complexity index is 1080. The molecule has 5 heteroatoms. The lowest BCUT2D eigenvalue weighted by Gasteiger charge is -2.05. The number of phenols is 1. The summed E-state index contributed by atoms with van der Waals surface area (Å²) in [5.74, 6) is 0.167. The Morgan fingerprint density at radius 3 is 2.88 bits per heavy atom. The van der Waals surface area contributed by atoms with Gasteiger partial charge in [0.25, 0.3) is 0 Å². The van der Waals surface area contributed by atoms with Crippen LogP contribution in [0.4, 0.5) is 0 Å². The van der Waals surface area contributed by atoms with Crippen LogP contribution in [0.5, 0.6) is 5.75 Å². The van der Waals surface area contributed by atoms with Gasteiger partial charge < -0.3 is 9.52 Å². The number of rotatable bonds is 3. The van der Waals surface area contributed by atoms with E-state index in [-0.39, 0.29) is 11.2 Å². The second-order valence-electron chi connectivity index (χ2n) is 5.69. The molecule has 0 unspecified atom stereocenters. The van der Waals surface area contributed by atoms with E-state index in [4.69, 9.17) is 4.42 Å². The SMILES string of the molecule is CCCc1cc2c(=O)c(-c3nc4ccccc4s3)coc2cc1O. The lowest BCUT2D eigenvalue weighted by atomic mass is 10.1. The van der Waals surface area contributed by atoms with Gasteiger partial charge in [0.2, 0.25) is 5.43 Å². The third-order valence-corrected chi connectivity index (χ3v) is 5.09. The molecule has 0 saturated carbocycles. The number of aryl methyl sites for hydroxylation is 1. The van der Waals surface area contributed by atoms with E-state index in [1.165, 1.54) is 23.7 Å². The molecular formula is C19H15NO3S. The molecule has 0 amide bonds. The normalized spacial score (nSPS) is 11.4. The van der Waals surface area contributed by atoms with Gasteiger partial charge >= 0.3 is 0 Å². The Labute approximate surface area is 142 Å². The van der Waals surface area contributed by atoms with Gasteiger partial charge in [0.05, 0.1) is 21.2 Å². The summed E-state index contributed by atoms with van der Waals surface area (Å²) in [7, 11) is 0. The zero-order valence-electron chi connectivity index (χ0n) is 13.1. The maximum atomic E-state index is 12.9.